The van der Waals surface area contributed by atoms with Gasteiger partial charge in [0.05, 0.1) is 12.6 Å². The molecule has 0 heterocycles. The number of hydrogen-bond donors (Lipinski definition) is 1. The first kappa shape index (κ1) is 16.2. The van der Waals surface area contributed by atoms with Gasteiger partial charge >= 0.3 is 0 Å². The Morgan fingerprint density at radius 2 is 1.63 bits per heavy atom. The van der Waals surface area contributed by atoms with Crippen molar-refractivity contribution in [2.45, 2.75) is 54.0 Å². The lowest BCUT2D eigenvalue weighted by Gasteiger charge is -2.21. The van der Waals surface area contributed by atoms with Gasteiger partial charge in [0, 0.05) is 6.61 Å². The molecule has 0 aromatic heterocycles. The number of benzene rings is 1. The summed E-state index contributed by atoms with van der Waals surface area (Å²) in [6, 6.07) is 4.36. The number of rotatable bonds is 5. The van der Waals surface area contributed by atoms with Gasteiger partial charge in [0.2, 0.25) is 0 Å². The highest BCUT2D eigenvalue weighted by atomic mass is 16.5. The van der Waals surface area contributed by atoms with Crippen LogP contribution in [0, 0.1) is 26.2 Å². The van der Waals surface area contributed by atoms with Gasteiger partial charge in [-0.05, 0) is 49.3 Å². The largest absolute Gasteiger partial charge is 0.379 e. The fraction of sp³-hybridized carbons (Fsp3) is 0.647. The van der Waals surface area contributed by atoms with Crippen molar-refractivity contribution in [1.82, 2.24) is 0 Å². The van der Waals surface area contributed by atoms with E-state index in [0.717, 1.165) is 13.0 Å². The summed E-state index contributed by atoms with van der Waals surface area (Å²) >= 11 is 0. The van der Waals surface area contributed by atoms with E-state index in [1.807, 2.05) is 0 Å². The van der Waals surface area contributed by atoms with Crippen LogP contribution in [0.4, 0.5) is 0 Å². The molecule has 0 fully saturated rings. The van der Waals surface area contributed by atoms with E-state index in [9.17, 15) is 0 Å². The Hall–Kier alpha value is -0.860. The van der Waals surface area contributed by atoms with Gasteiger partial charge in [0.15, 0.2) is 0 Å². The summed E-state index contributed by atoms with van der Waals surface area (Å²) in [6.45, 7) is 14.4. The van der Waals surface area contributed by atoms with Crippen molar-refractivity contribution < 1.29 is 4.74 Å². The Labute approximate surface area is 118 Å². The lowest BCUT2D eigenvalue weighted by molar-refractivity contribution is 0.0972. The first-order chi connectivity index (χ1) is 8.70. The zero-order valence-electron chi connectivity index (χ0n) is 13.3. The van der Waals surface area contributed by atoms with Crippen LogP contribution in [-0.2, 0) is 4.74 Å². The molecule has 2 heteroatoms. The summed E-state index contributed by atoms with van der Waals surface area (Å²) in [4.78, 5) is 0. The molecule has 1 rings (SSSR count). The van der Waals surface area contributed by atoms with E-state index in [-0.39, 0.29) is 6.04 Å². The highest BCUT2D eigenvalue weighted by molar-refractivity contribution is 5.39. The molecule has 0 saturated heterocycles. The smallest absolute Gasteiger partial charge is 0.0659 e. The minimum atomic E-state index is -0.0273. The van der Waals surface area contributed by atoms with Gasteiger partial charge in [0.1, 0.15) is 0 Å². The van der Waals surface area contributed by atoms with Gasteiger partial charge in [-0.15, -0.1) is 0 Å². The van der Waals surface area contributed by atoms with Crippen LogP contribution in [0.25, 0.3) is 0 Å². The van der Waals surface area contributed by atoms with E-state index in [1.165, 1.54) is 22.3 Å². The standard InChI is InChI=1S/C17H29NO/c1-12-9-13(2)16(14(3)10-12)15(18)11-19-8-7-17(4,5)6/h9-10,15H,7-8,11,18H2,1-6H3. The van der Waals surface area contributed by atoms with Gasteiger partial charge in [0.25, 0.3) is 0 Å². The molecular formula is C17H29NO. The van der Waals surface area contributed by atoms with E-state index in [2.05, 4.69) is 53.7 Å². The Kier molecular flexibility index (Phi) is 5.57. The fourth-order valence-electron chi connectivity index (χ4n) is 2.45. The van der Waals surface area contributed by atoms with E-state index in [1.54, 1.807) is 0 Å². The third kappa shape index (κ3) is 5.33. The van der Waals surface area contributed by atoms with Crippen LogP contribution < -0.4 is 5.73 Å². The van der Waals surface area contributed by atoms with Crippen LogP contribution in [0.1, 0.15) is 55.5 Å². The molecule has 0 radical (unpaired) electrons. The average Bonchev–Trinajstić information content (AvgIpc) is 2.21. The molecule has 1 aromatic rings. The van der Waals surface area contributed by atoms with Gasteiger partial charge in [-0.3, -0.25) is 0 Å². The van der Waals surface area contributed by atoms with Gasteiger partial charge < -0.3 is 10.5 Å². The van der Waals surface area contributed by atoms with Crippen molar-refractivity contribution in [2.75, 3.05) is 13.2 Å². The van der Waals surface area contributed by atoms with Crippen LogP contribution in [0.2, 0.25) is 0 Å². The van der Waals surface area contributed by atoms with Gasteiger partial charge in [-0.25, -0.2) is 0 Å². The maximum atomic E-state index is 6.27. The summed E-state index contributed by atoms with van der Waals surface area (Å²) in [5, 5.41) is 0. The Balaban J connectivity index is 2.57. The quantitative estimate of drug-likeness (QED) is 0.813. The molecule has 0 saturated carbocycles. The predicted molar refractivity (Wildman–Crippen MR) is 82.5 cm³/mol. The molecule has 19 heavy (non-hydrogen) atoms. The highest BCUT2D eigenvalue weighted by Crippen LogP contribution is 2.23. The van der Waals surface area contributed by atoms with Crippen molar-refractivity contribution in [1.29, 1.82) is 0 Å². The number of aryl methyl sites for hydroxylation is 3. The van der Waals surface area contributed by atoms with Crippen molar-refractivity contribution in [3.05, 3.63) is 34.4 Å². The Morgan fingerprint density at radius 3 is 2.11 bits per heavy atom. The number of nitrogens with two attached hydrogens (primary N) is 1. The van der Waals surface area contributed by atoms with Crippen LogP contribution in [0.3, 0.4) is 0 Å². The molecule has 0 aliphatic rings. The molecule has 1 atom stereocenters. The second kappa shape index (κ2) is 6.53. The lowest BCUT2D eigenvalue weighted by atomic mass is 9.93. The Morgan fingerprint density at radius 1 is 1.11 bits per heavy atom. The van der Waals surface area contributed by atoms with Crippen LogP contribution in [0.5, 0.6) is 0 Å². The molecule has 1 aromatic carbocycles. The summed E-state index contributed by atoms with van der Waals surface area (Å²) in [5.41, 5.74) is 11.7. The second-order valence-corrected chi connectivity index (χ2v) is 6.80. The third-order valence-electron chi connectivity index (χ3n) is 3.40. The van der Waals surface area contributed by atoms with Crippen LogP contribution >= 0.6 is 0 Å². The van der Waals surface area contributed by atoms with E-state index in [0.29, 0.717) is 12.0 Å². The molecule has 1 unspecified atom stereocenters. The fourth-order valence-corrected chi connectivity index (χ4v) is 2.45. The zero-order valence-corrected chi connectivity index (χ0v) is 13.3. The van der Waals surface area contributed by atoms with Crippen molar-refractivity contribution in [2.24, 2.45) is 11.1 Å². The molecule has 0 amide bonds. The molecule has 2 nitrogen and oxygen atoms in total. The minimum absolute atomic E-state index is 0.0273. The molecule has 0 aliphatic heterocycles. The maximum absolute atomic E-state index is 6.27. The second-order valence-electron chi connectivity index (χ2n) is 6.80. The Bertz CT molecular complexity index is 395. The molecule has 108 valence electrons. The minimum Gasteiger partial charge on any atom is -0.379 e. The molecule has 0 bridgehead atoms. The summed E-state index contributed by atoms with van der Waals surface area (Å²) in [7, 11) is 0. The SMILES string of the molecule is Cc1cc(C)c(C(N)COCCC(C)(C)C)c(C)c1. The monoisotopic (exact) mass is 263 g/mol. The van der Waals surface area contributed by atoms with Crippen molar-refractivity contribution in [3.8, 4) is 0 Å². The highest BCUT2D eigenvalue weighted by Gasteiger charge is 2.14. The topological polar surface area (TPSA) is 35.2 Å². The van der Waals surface area contributed by atoms with E-state index in [4.69, 9.17) is 10.5 Å². The zero-order chi connectivity index (χ0) is 14.6. The first-order valence-corrected chi connectivity index (χ1v) is 7.12. The predicted octanol–water partition coefficient (Wildman–Crippen LogP) is 4.06. The molecular weight excluding hydrogens is 234 g/mol. The van der Waals surface area contributed by atoms with Crippen LogP contribution in [-0.4, -0.2) is 13.2 Å². The maximum Gasteiger partial charge on any atom is 0.0659 e. The van der Waals surface area contributed by atoms with Crippen molar-refractivity contribution in [3.63, 3.8) is 0 Å². The third-order valence-corrected chi connectivity index (χ3v) is 3.40. The van der Waals surface area contributed by atoms with E-state index >= 15 is 0 Å². The number of hydrogen-bond acceptors (Lipinski definition) is 2. The summed E-state index contributed by atoms with van der Waals surface area (Å²) in [6.07, 6.45) is 1.06. The molecule has 0 aliphatic carbocycles. The normalized spacial score (nSPS) is 13.6. The van der Waals surface area contributed by atoms with Crippen molar-refractivity contribution >= 4 is 0 Å². The summed E-state index contributed by atoms with van der Waals surface area (Å²) < 4.78 is 5.74. The number of ether oxygens (including phenoxy) is 1. The van der Waals surface area contributed by atoms with Crippen LogP contribution in [0.15, 0.2) is 12.1 Å². The molecule has 2 N–H and O–H groups in total. The lowest BCUT2D eigenvalue weighted by Crippen LogP contribution is -2.21. The van der Waals surface area contributed by atoms with Gasteiger partial charge in [-0.2, -0.15) is 0 Å². The first-order valence-electron chi connectivity index (χ1n) is 7.12. The average molecular weight is 263 g/mol. The summed E-state index contributed by atoms with van der Waals surface area (Å²) in [5.74, 6) is 0. The van der Waals surface area contributed by atoms with Gasteiger partial charge in [-0.1, -0.05) is 38.5 Å². The molecule has 0 spiro atoms. The van der Waals surface area contributed by atoms with E-state index < -0.39 is 0 Å².